The molecule has 1 saturated heterocycles. The average molecular weight is 305 g/mol. The monoisotopic (exact) mass is 305 g/mol. The molecule has 1 fully saturated rings. The molecule has 4 nitrogen and oxygen atoms in total. The molecule has 4 heteroatoms. The molecule has 1 aromatic rings. The molecule has 3 rings (SSSR count). The lowest BCUT2D eigenvalue weighted by atomic mass is 10.0. The maximum absolute atomic E-state index is 5.92. The first-order valence-electron chi connectivity index (χ1n) is 8.37. The van der Waals surface area contributed by atoms with Crippen molar-refractivity contribution in [3.63, 3.8) is 0 Å². The number of ether oxygens (including phenoxy) is 3. The second kappa shape index (κ2) is 6.47. The van der Waals surface area contributed by atoms with Crippen LogP contribution < -0.4 is 9.47 Å². The van der Waals surface area contributed by atoms with Gasteiger partial charge in [0.25, 0.3) is 0 Å². The number of rotatable bonds is 4. The van der Waals surface area contributed by atoms with Gasteiger partial charge in [-0.3, -0.25) is 4.90 Å². The van der Waals surface area contributed by atoms with E-state index in [1.165, 1.54) is 11.1 Å². The van der Waals surface area contributed by atoms with Crippen molar-refractivity contribution in [3.8, 4) is 11.5 Å². The standard InChI is InChI=1S/C18H27NO3/c1-5-20-17-7-15-6-13(3)22-18(15)8-16(17)10-19-9-14(4)21-11-12(19)2/h7-8,12-14H,5-6,9-11H2,1-4H3. The Morgan fingerprint density at radius 3 is 2.82 bits per heavy atom. The van der Waals surface area contributed by atoms with E-state index in [9.17, 15) is 0 Å². The van der Waals surface area contributed by atoms with Crippen molar-refractivity contribution < 1.29 is 14.2 Å². The summed E-state index contributed by atoms with van der Waals surface area (Å²) in [5.41, 5.74) is 2.48. The van der Waals surface area contributed by atoms with Gasteiger partial charge in [-0.25, -0.2) is 0 Å². The largest absolute Gasteiger partial charge is 0.494 e. The highest BCUT2D eigenvalue weighted by atomic mass is 16.5. The van der Waals surface area contributed by atoms with Crippen molar-refractivity contribution in [2.45, 2.75) is 58.9 Å². The van der Waals surface area contributed by atoms with Crippen LogP contribution in [0.4, 0.5) is 0 Å². The molecule has 1 aromatic carbocycles. The number of hydrogen-bond acceptors (Lipinski definition) is 4. The quantitative estimate of drug-likeness (QED) is 0.855. The number of fused-ring (bicyclic) bond motifs is 1. The minimum Gasteiger partial charge on any atom is -0.494 e. The molecule has 3 unspecified atom stereocenters. The average Bonchev–Trinajstić information content (AvgIpc) is 2.82. The molecule has 3 atom stereocenters. The predicted molar refractivity (Wildman–Crippen MR) is 86.7 cm³/mol. The van der Waals surface area contributed by atoms with E-state index in [0.29, 0.717) is 12.6 Å². The Morgan fingerprint density at radius 2 is 2.05 bits per heavy atom. The maximum atomic E-state index is 5.92. The van der Waals surface area contributed by atoms with Crippen LogP contribution in [0.5, 0.6) is 11.5 Å². The molecule has 0 radical (unpaired) electrons. The molecule has 0 amide bonds. The molecule has 0 spiro atoms. The Bertz CT molecular complexity index is 531. The summed E-state index contributed by atoms with van der Waals surface area (Å²) in [4.78, 5) is 2.47. The Labute approximate surface area is 133 Å². The number of morpholine rings is 1. The summed E-state index contributed by atoms with van der Waals surface area (Å²) in [5.74, 6) is 2.03. The lowest BCUT2D eigenvalue weighted by Gasteiger charge is -2.37. The van der Waals surface area contributed by atoms with Crippen LogP contribution in [-0.2, 0) is 17.7 Å². The summed E-state index contributed by atoms with van der Waals surface area (Å²) in [6.45, 7) is 11.8. The molecule has 2 heterocycles. The van der Waals surface area contributed by atoms with Crippen molar-refractivity contribution in [1.82, 2.24) is 4.90 Å². The van der Waals surface area contributed by atoms with E-state index < -0.39 is 0 Å². The SMILES string of the molecule is CCOc1cc2c(cc1CN1CC(C)OCC1C)OC(C)C2. The van der Waals surface area contributed by atoms with Crippen LogP contribution in [0.3, 0.4) is 0 Å². The van der Waals surface area contributed by atoms with Gasteiger partial charge < -0.3 is 14.2 Å². The highest BCUT2D eigenvalue weighted by Crippen LogP contribution is 2.36. The van der Waals surface area contributed by atoms with Crippen molar-refractivity contribution in [2.24, 2.45) is 0 Å². The van der Waals surface area contributed by atoms with Gasteiger partial charge in [0, 0.05) is 36.7 Å². The zero-order valence-electron chi connectivity index (χ0n) is 14.1. The molecule has 0 bridgehead atoms. The van der Waals surface area contributed by atoms with Gasteiger partial charge in [-0.2, -0.15) is 0 Å². The highest BCUT2D eigenvalue weighted by Gasteiger charge is 2.26. The maximum Gasteiger partial charge on any atom is 0.124 e. The van der Waals surface area contributed by atoms with Gasteiger partial charge >= 0.3 is 0 Å². The third-order valence-corrected chi connectivity index (χ3v) is 4.49. The van der Waals surface area contributed by atoms with Gasteiger partial charge in [-0.15, -0.1) is 0 Å². The predicted octanol–water partition coefficient (Wildman–Crippen LogP) is 3.02. The summed E-state index contributed by atoms with van der Waals surface area (Å²) < 4.78 is 17.5. The van der Waals surface area contributed by atoms with Crippen LogP contribution in [0.15, 0.2) is 12.1 Å². The zero-order valence-corrected chi connectivity index (χ0v) is 14.1. The fourth-order valence-corrected chi connectivity index (χ4v) is 3.31. The summed E-state index contributed by atoms with van der Waals surface area (Å²) in [7, 11) is 0. The van der Waals surface area contributed by atoms with Crippen molar-refractivity contribution >= 4 is 0 Å². The Kier molecular flexibility index (Phi) is 4.59. The lowest BCUT2D eigenvalue weighted by molar-refractivity contribution is -0.0528. The third kappa shape index (κ3) is 3.23. The molecule has 122 valence electrons. The van der Waals surface area contributed by atoms with Crippen molar-refractivity contribution in [1.29, 1.82) is 0 Å². The van der Waals surface area contributed by atoms with E-state index in [-0.39, 0.29) is 12.2 Å². The summed E-state index contributed by atoms with van der Waals surface area (Å²) >= 11 is 0. The zero-order chi connectivity index (χ0) is 15.7. The van der Waals surface area contributed by atoms with Crippen LogP contribution in [0.25, 0.3) is 0 Å². The summed E-state index contributed by atoms with van der Waals surface area (Å²) in [6, 6.07) is 4.78. The molecule has 0 saturated carbocycles. The van der Waals surface area contributed by atoms with E-state index in [1.54, 1.807) is 0 Å². The van der Waals surface area contributed by atoms with Gasteiger partial charge in [0.05, 0.1) is 19.3 Å². The number of benzene rings is 1. The summed E-state index contributed by atoms with van der Waals surface area (Å²) in [6.07, 6.45) is 1.53. The first-order chi connectivity index (χ1) is 10.6. The van der Waals surface area contributed by atoms with Gasteiger partial charge in [-0.05, 0) is 39.8 Å². The lowest BCUT2D eigenvalue weighted by Crippen LogP contribution is -2.46. The molecule has 0 aliphatic carbocycles. The molecule has 2 aliphatic rings. The van der Waals surface area contributed by atoms with E-state index in [0.717, 1.165) is 37.6 Å². The molecule has 0 aromatic heterocycles. The van der Waals surface area contributed by atoms with Gasteiger partial charge in [0.2, 0.25) is 0 Å². The van der Waals surface area contributed by atoms with Gasteiger partial charge in [0.15, 0.2) is 0 Å². The topological polar surface area (TPSA) is 30.9 Å². The minimum absolute atomic E-state index is 0.266. The molecule has 2 aliphatic heterocycles. The fraction of sp³-hybridized carbons (Fsp3) is 0.667. The Hall–Kier alpha value is -1.26. The fourth-order valence-electron chi connectivity index (χ4n) is 3.31. The summed E-state index contributed by atoms with van der Waals surface area (Å²) in [5, 5.41) is 0. The van der Waals surface area contributed by atoms with Crippen molar-refractivity contribution in [3.05, 3.63) is 23.3 Å². The third-order valence-electron chi connectivity index (χ3n) is 4.49. The van der Waals surface area contributed by atoms with Crippen LogP contribution in [0.1, 0.15) is 38.8 Å². The molecule has 0 N–H and O–H groups in total. The normalized spacial score (nSPS) is 28.3. The van der Waals surface area contributed by atoms with Crippen LogP contribution in [-0.4, -0.2) is 42.9 Å². The molecular formula is C18H27NO3. The number of hydrogen-bond donors (Lipinski definition) is 0. The first kappa shape index (κ1) is 15.6. The van der Waals surface area contributed by atoms with E-state index in [4.69, 9.17) is 14.2 Å². The Balaban J connectivity index is 1.84. The molecular weight excluding hydrogens is 278 g/mol. The van der Waals surface area contributed by atoms with Crippen LogP contribution in [0, 0.1) is 0 Å². The van der Waals surface area contributed by atoms with Crippen molar-refractivity contribution in [2.75, 3.05) is 19.8 Å². The Morgan fingerprint density at radius 1 is 1.23 bits per heavy atom. The van der Waals surface area contributed by atoms with Gasteiger partial charge in [0.1, 0.15) is 17.6 Å². The second-order valence-corrected chi connectivity index (χ2v) is 6.56. The van der Waals surface area contributed by atoms with E-state index in [2.05, 4.69) is 37.8 Å². The van der Waals surface area contributed by atoms with E-state index >= 15 is 0 Å². The number of nitrogens with zero attached hydrogens (tertiary/aromatic N) is 1. The minimum atomic E-state index is 0.266. The van der Waals surface area contributed by atoms with Crippen LogP contribution in [0.2, 0.25) is 0 Å². The van der Waals surface area contributed by atoms with E-state index in [1.807, 2.05) is 6.92 Å². The first-order valence-corrected chi connectivity index (χ1v) is 8.37. The highest BCUT2D eigenvalue weighted by molar-refractivity contribution is 5.48. The second-order valence-electron chi connectivity index (χ2n) is 6.56. The smallest absolute Gasteiger partial charge is 0.124 e. The molecule has 22 heavy (non-hydrogen) atoms. The van der Waals surface area contributed by atoms with Gasteiger partial charge in [-0.1, -0.05) is 0 Å². The van der Waals surface area contributed by atoms with Crippen LogP contribution >= 0.6 is 0 Å².